The van der Waals surface area contributed by atoms with E-state index in [0.717, 1.165) is 0 Å². The second-order valence-corrected chi connectivity index (χ2v) is 5.22. The minimum absolute atomic E-state index is 0.671. The highest BCUT2D eigenvalue weighted by atomic mass is 127. The summed E-state index contributed by atoms with van der Waals surface area (Å²) in [5.41, 5.74) is 2.86. The summed E-state index contributed by atoms with van der Waals surface area (Å²) in [5.74, 6) is 0. The molecule has 0 saturated heterocycles. The van der Waals surface area contributed by atoms with Gasteiger partial charge in [-0.1, -0.05) is 24.4 Å². The zero-order chi connectivity index (χ0) is 9.97. The molecule has 0 fully saturated rings. The molecule has 0 N–H and O–H groups in total. The summed E-state index contributed by atoms with van der Waals surface area (Å²) < 4.78 is 1.17. The van der Waals surface area contributed by atoms with Crippen molar-refractivity contribution in [3.05, 3.63) is 26.0 Å². The van der Waals surface area contributed by atoms with Gasteiger partial charge in [-0.2, -0.15) is 0 Å². The molecule has 1 nitrogen and oxygen atoms in total. The number of rotatable bonds is 0. The summed E-state index contributed by atoms with van der Waals surface area (Å²) in [5, 5.41) is 0.671. The molecule has 0 unspecified atom stereocenters. The van der Waals surface area contributed by atoms with Gasteiger partial charge in [-0.05, 0) is 59.4 Å². The Morgan fingerprint density at radius 2 is 1.86 bits per heavy atom. The number of hydrogen-bond donors (Lipinski definition) is 0. The van der Waals surface area contributed by atoms with Gasteiger partial charge in [0.1, 0.15) is 5.15 Å². The molecular formula is C11H13ClIN. The van der Waals surface area contributed by atoms with Gasteiger partial charge in [0.2, 0.25) is 0 Å². The highest BCUT2D eigenvalue weighted by Gasteiger charge is 2.12. The van der Waals surface area contributed by atoms with Crippen molar-refractivity contribution in [2.75, 3.05) is 0 Å². The third-order valence-electron chi connectivity index (χ3n) is 2.79. The molecule has 1 aromatic rings. The van der Waals surface area contributed by atoms with E-state index in [1.165, 1.54) is 53.2 Å². The fraction of sp³-hybridized carbons (Fsp3) is 0.545. The molecule has 2 rings (SSSR count). The Labute approximate surface area is 103 Å². The van der Waals surface area contributed by atoms with Crippen LogP contribution >= 0.6 is 34.2 Å². The van der Waals surface area contributed by atoms with Crippen LogP contribution in [0.3, 0.4) is 0 Å². The van der Waals surface area contributed by atoms with Crippen molar-refractivity contribution in [2.45, 2.75) is 38.5 Å². The Balaban J connectivity index is 2.39. The maximum Gasteiger partial charge on any atom is 0.142 e. The number of pyridine rings is 1. The van der Waals surface area contributed by atoms with Crippen molar-refractivity contribution in [1.29, 1.82) is 0 Å². The summed E-state index contributed by atoms with van der Waals surface area (Å²) in [6.45, 7) is 0. The van der Waals surface area contributed by atoms with Gasteiger partial charge in [0.05, 0.1) is 3.57 Å². The quantitative estimate of drug-likeness (QED) is 0.520. The molecule has 0 radical (unpaired) electrons. The molecule has 0 bridgehead atoms. The molecular weight excluding hydrogens is 308 g/mol. The second-order valence-electron chi connectivity index (χ2n) is 3.78. The second kappa shape index (κ2) is 4.79. The molecule has 1 heterocycles. The summed E-state index contributed by atoms with van der Waals surface area (Å²) in [6.07, 6.45) is 9.63. The first-order chi connectivity index (χ1) is 6.79. The van der Waals surface area contributed by atoms with Crippen LogP contribution in [0.25, 0.3) is 0 Å². The summed E-state index contributed by atoms with van der Waals surface area (Å²) in [4.78, 5) is 4.22. The van der Waals surface area contributed by atoms with E-state index in [1.807, 2.05) is 6.20 Å². The molecule has 14 heavy (non-hydrogen) atoms. The molecule has 0 atom stereocenters. The predicted molar refractivity (Wildman–Crippen MR) is 67.8 cm³/mol. The van der Waals surface area contributed by atoms with Crippen molar-refractivity contribution >= 4 is 34.2 Å². The number of fused-ring (bicyclic) bond motifs is 1. The molecule has 0 saturated carbocycles. The number of hydrogen-bond acceptors (Lipinski definition) is 1. The molecule has 1 aliphatic rings. The lowest BCUT2D eigenvalue weighted by Gasteiger charge is -2.15. The average molecular weight is 322 g/mol. The third kappa shape index (κ3) is 2.22. The van der Waals surface area contributed by atoms with Gasteiger partial charge in [0.25, 0.3) is 0 Å². The van der Waals surface area contributed by atoms with Crippen LogP contribution in [0.2, 0.25) is 5.15 Å². The summed E-state index contributed by atoms with van der Waals surface area (Å²) in [7, 11) is 0. The number of aryl methyl sites for hydroxylation is 1. The molecule has 0 amide bonds. The molecule has 76 valence electrons. The van der Waals surface area contributed by atoms with E-state index in [0.29, 0.717) is 5.15 Å². The largest absolute Gasteiger partial charge is 0.243 e. The maximum atomic E-state index is 6.02. The smallest absolute Gasteiger partial charge is 0.142 e. The van der Waals surface area contributed by atoms with E-state index in [9.17, 15) is 0 Å². The number of halogens is 2. The lowest BCUT2D eigenvalue weighted by atomic mass is 9.95. The van der Waals surface area contributed by atoms with Crippen LogP contribution in [-0.2, 0) is 12.8 Å². The third-order valence-corrected chi connectivity index (χ3v) is 4.56. The first kappa shape index (κ1) is 10.7. The molecule has 0 spiro atoms. The van der Waals surface area contributed by atoms with E-state index < -0.39 is 0 Å². The zero-order valence-corrected chi connectivity index (χ0v) is 10.9. The minimum Gasteiger partial charge on any atom is -0.243 e. The maximum absolute atomic E-state index is 6.02. The molecule has 1 aliphatic carbocycles. The Hall–Kier alpha value is 0.170. The Kier molecular flexibility index (Phi) is 3.66. The van der Waals surface area contributed by atoms with E-state index >= 15 is 0 Å². The first-order valence-corrected chi connectivity index (χ1v) is 6.56. The Morgan fingerprint density at radius 1 is 1.14 bits per heavy atom. The summed E-state index contributed by atoms with van der Waals surface area (Å²) >= 11 is 8.34. The fourth-order valence-electron chi connectivity index (χ4n) is 1.99. The van der Waals surface area contributed by atoms with Gasteiger partial charge < -0.3 is 0 Å². The van der Waals surface area contributed by atoms with Crippen molar-refractivity contribution < 1.29 is 0 Å². The Bertz CT molecular complexity index is 338. The normalized spacial score (nSPS) is 17.0. The van der Waals surface area contributed by atoms with Crippen LogP contribution in [0, 0.1) is 3.57 Å². The predicted octanol–water partition coefficient (Wildman–Crippen LogP) is 4.00. The number of aromatic nitrogens is 1. The van der Waals surface area contributed by atoms with Crippen LogP contribution < -0.4 is 0 Å². The monoisotopic (exact) mass is 321 g/mol. The van der Waals surface area contributed by atoms with Crippen LogP contribution in [0.15, 0.2) is 6.20 Å². The van der Waals surface area contributed by atoms with Crippen LogP contribution in [-0.4, -0.2) is 4.98 Å². The van der Waals surface area contributed by atoms with Crippen LogP contribution in [0.1, 0.15) is 36.8 Å². The summed E-state index contributed by atoms with van der Waals surface area (Å²) in [6, 6.07) is 0. The lowest BCUT2D eigenvalue weighted by Crippen LogP contribution is -2.03. The van der Waals surface area contributed by atoms with E-state index in [1.54, 1.807) is 0 Å². The number of nitrogens with zero attached hydrogens (tertiary/aromatic N) is 1. The zero-order valence-electron chi connectivity index (χ0n) is 8.02. The van der Waals surface area contributed by atoms with Crippen LogP contribution in [0.4, 0.5) is 0 Å². The van der Waals surface area contributed by atoms with Gasteiger partial charge >= 0.3 is 0 Å². The van der Waals surface area contributed by atoms with Gasteiger partial charge in [0.15, 0.2) is 0 Å². The highest BCUT2D eigenvalue weighted by Crippen LogP contribution is 2.27. The lowest BCUT2D eigenvalue weighted by molar-refractivity contribution is 0.614. The van der Waals surface area contributed by atoms with E-state index in [4.69, 9.17) is 11.6 Å². The molecule has 0 aliphatic heterocycles. The molecule has 0 aromatic carbocycles. The highest BCUT2D eigenvalue weighted by molar-refractivity contribution is 14.1. The van der Waals surface area contributed by atoms with E-state index in [2.05, 4.69) is 27.6 Å². The molecule has 1 aromatic heterocycles. The first-order valence-electron chi connectivity index (χ1n) is 5.11. The average Bonchev–Trinajstić information content (AvgIpc) is 2.13. The van der Waals surface area contributed by atoms with Crippen LogP contribution in [0.5, 0.6) is 0 Å². The van der Waals surface area contributed by atoms with Crippen molar-refractivity contribution in [2.24, 2.45) is 0 Å². The standard InChI is InChI=1S/C11H13ClIN/c12-11-10(13)9-6-4-2-1-3-5-8(9)7-14-11/h7H,1-6H2. The Morgan fingerprint density at radius 3 is 2.64 bits per heavy atom. The van der Waals surface area contributed by atoms with Gasteiger partial charge in [-0.3, -0.25) is 0 Å². The van der Waals surface area contributed by atoms with Crippen molar-refractivity contribution in [1.82, 2.24) is 4.98 Å². The van der Waals surface area contributed by atoms with Crippen molar-refractivity contribution in [3.8, 4) is 0 Å². The van der Waals surface area contributed by atoms with Gasteiger partial charge in [0, 0.05) is 6.20 Å². The van der Waals surface area contributed by atoms with Crippen molar-refractivity contribution in [3.63, 3.8) is 0 Å². The van der Waals surface area contributed by atoms with Gasteiger partial charge in [-0.15, -0.1) is 0 Å². The van der Waals surface area contributed by atoms with Gasteiger partial charge in [-0.25, -0.2) is 4.98 Å². The minimum atomic E-state index is 0.671. The molecule has 3 heteroatoms. The fourth-order valence-corrected chi connectivity index (χ4v) is 2.91. The topological polar surface area (TPSA) is 12.9 Å². The SMILES string of the molecule is Clc1ncc2c(c1I)CCCCCC2. The van der Waals surface area contributed by atoms with E-state index in [-0.39, 0.29) is 0 Å².